The molecule has 0 aliphatic carbocycles. The van der Waals surface area contributed by atoms with Gasteiger partial charge in [0.25, 0.3) is 5.91 Å². The minimum atomic E-state index is -0.867. The van der Waals surface area contributed by atoms with Gasteiger partial charge in [-0.1, -0.05) is 51.1 Å². The second kappa shape index (κ2) is 14.8. The highest BCUT2D eigenvalue weighted by atomic mass is 19.1. The Balaban J connectivity index is 1.31. The lowest BCUT2D eigenvalue weighted by atomic mass is 9.87. The summed E-state index contributed by atoms with van der Waals surface area (Å²) in [5, 5.41) is 1.50. The number of hydrogen-bond acceptors (Lipinski definition) is 6. The average molecular weight is 687 g/mol. The summed E-state index contributed by atoms with van der Waals surface area (Å²) in [6.07, 6.45) is 1.39. The van der Waals surface area contributed by atoms with E-state index in [1.165, 1.54) is 66.1 Å². The highest BCUT2D eigenvalue weighted by molar-refractivity contribution is 6.07. The molecule has 51 heavy (non-hydrogen) atoms. The highest BCUT2D eigenvalue weighted by Gasteiger charge is 2.31. The molecule has 1 aromatic heterocycles. The standard InChI is InChI=1S/C42H36F2N2O5/c1-42(2,3)30-8-19-35(20-9-30)51-37-18-7-28-24-38(45-26-29(28)23-37)41(48)46(33-14-10-31(43)11-15-33)39(25-40(47)49-4)27-5-16-34(17-6-27)50-36-21-12-32(44)13-22-36/h5-24,26,39H,25H2,1-4H3. The molecule has 0 fully saturated rings. The second-order valence-electron chi connectivity index (χ2n) is 13.0. The van der Waals surface area contributed by atoms with Crippen molar-refractivity contribution in [2.75, 3.05) is 12.0 Å². The summed E-state index contributed by atoms with van der Waals surface area (Å²) in [7, 11) is 1.27. The molecule has 6 rings (SSSR count). The van der Waals surface area contributed by atoms with Crippen LogP contribution in [0.4, 0.5) is 14.5 Å². The van der Waals surface area contributed by atoms with E-state index >= 15 is 0 Å². The largest absolute Gasteiger partial charge is 0.469 e. The summed E-state index contributed by atoms with van der Waals surface area (Å²) in [4.78, 5) is 33.1. The Kier molecular flexibility index (Phi) is 10.1. The predicted molar refractivity (Wildman–Crippen MR) is 192 cm³/mol. The number of fused-ring (bicyclic) bond motifs is 1. The third-order valence-electron chi connectivity index (χ3n) is 8.41. The van der Waals surface area contributed by atoms with E-state index in [2.05, 4.69) is 25.8 Å². The number of hydrogen-bond donors (Lipinski definition) is 0. The van der Waals surface area contributed by atoms with Crippen molar-refractivity contribution < 1.29 is 32.6 Å². The number of aromatic nitrogens is 1. The number of ether oxygens (including phenoxy) is 3. The molecule has 7 nitrogen and oxygen atoms in total. The normalized spacial score (nSPS) is 11.9. The van der Waals surface area contributed by atoms with Crippen LogP contribution in [0.3, 0.4) is 0 Å². The first-order chi connectivity index (χ1) is 24.5. The molecule has 258 valence electrons. The Morgan fingerprint density at radius 2 is 1.22 bits per heavy atom. The maximum absolute atomic E-state index is 14.4. The van der Waals surface area contributed by atoms with E-state index in [1.807, 2.05) is 42.5 Å². The third-order valence-corrected chi connectivity index (χ3v) is 8.41. The summed E-state index contributed by atoms with van der Waals surface area (Å²) in [6.45, 7) is 6.46. The summed E-state index contributed by atoms with van der Waals surface area (Å²) >= 11 is 0. The molecule has 0 spiro atoms. The van der Waals surface area contributed by atoms with E-state index in [0.717, 1.165) is 10.8 Å². The molecule has 0 aliphatic heterocycles. The van der Waals surface area contributed by atoms with Crippen LogP contribution in [-0.2, 0) is 14.9 Å². The molecule has 1 unspecified atom stereocenters. The Bertz CT molecular complexity index is 2150. The topological polar surface area (TPSA) is 78.0 Å². The molecule has 5 aromatic carbocycles. The van der Waals surface area contributed by atoms with Gasteiger partial charge in [-0.05, 0) is 113 Å². The molecule has 0 bridgehead atoms. The zero-order chi connectivity index (χ0) is 36.1. The number of methoxy groups -OCH3 is 1. The number of rotatable bonds is 10. The number of esters is 1. The van der Waals surface area contributed by atoms with Gasteiger partial charge in [0.15, 0.2) is 0 Å². The van der Waals surface area contributed by atoms with Gasteiger partial charge in [0.2, 0.25) is 0 Å². The third kappa shape index (κ3) is 8.38. The second-order valence-corrected chi connectivity index (χ2v) is 13.0. The molecule has 0 aliphatic rings. The molecule has 0 N–H and O–H groups in total. The lowest BCUT2D eigenvalue weighted by Crippen LogP contribution is -2.37. The first kappa shape index (κ1) is 34.8. The SMILES string of the molecule is COC(=O)CC(c1ccc(Oc2ccc(F)cc2)cc1)N(C(=O)c1cc2ccc(Oc3ccc(C(C)(C)C)cc3)cc2cn1)c1ccc(F)cc1. The van der Waals surface area contributed by atoms with E-state index in [9.17, 15) is 18.4 Å². The van der Waals surface area contributed by atoms with Crippen LogP contribution in [0.1, 0.15) is 54.8 Å². The van der Waals surface area contributed by atoms with E-state index in [1.54, 1.807) is 36.5 Å². The van der Waals surface area contributed by atoms with Crippen molar-refractivity contribution in [2.24, 2.45) is 0 Å². The van der Waals surface area contributed by atoms with Gasteiger partial charge in [-0.2, -0.15) is 0 Å². The number of halogens is 2. The fraction of sp³-hybridized carbons (Fsp3) is 0.167. The van der Waals surface area contributed by atoms with Crippen LogP contribution in [-0.4, -0.2) is 24.0 Å². The molecule has 0 saturated heterocycles. The summed E-state index contributed by atoms with van der Waals surface area (Å²) in [5.74, 6) is 0.282. The van der Waals surface area contributed by atoms with Gasteiger partial charge in [0.1, 0.15) is 40.3 Å². The molecule has 6 aromatic rings. The van der Waals surface area contributed by atoms with E-state index in [4.69, 9.17) is 14.2 Å². The van der Waals surface area contributed by atoms with Crippen LogP contribution in [0, 0.1) is 11.6 Å². The van der Waals surface area contributed by atoms with Crippen LogP contribution in [0.25, 0.3) is 10.8 Å². The average Bonchev–Trinajstić information content (AvgIpc) is 3.13. The monoisotopic (exact) mass is 686 g/mol. The lowest BCUT2D eigenvalue weighted by Gasteiger charge is -2.32. The van der Waals surface area contributed by atoms with Gasteiger partial charge in [-0.15, -0.1) is 0 Å². The van der Waals surface area contributed by atoms with E-state index in [0.29, 0.717) is 34.2 Å². The fourth-order valence-corrected chi connectivity index (χ4v) is 5.62. The quantitative estimate of drug-likeness (QED) is 0.134. The Labute approximate surface area is 295 Å². The number of carbonyl (C=O) groups excluding carboxylic acids is 2. The maximum Gasteiger partial charge on any atom is 0.307 e. The molecular formula is C42H36F2N2O5. The molecule has 1 heterocycles. The first-order valence-corrected chi connectivity index (χ1v) is 16.3. The summed E-state index contributed by atoms with van der Waals surface area (Å²) in [5.41, 5.74) is 2.28. The summed E-state index contributed by atoms with van der Waals surface area (Å²) < 4.78 is 44.4. The van der Waals surface area contributed by atoms with E-state index in [-0.39, 0.29) is 23.3 Å². The van der Waals surface area contributed by atoms with Gasteiger partial charge in [-0.3, -0.25) is 19.5 Å². The van der Waals surface area contributed by atoms with Gasteiger partial charge in [-0.25, -0.2) is 8.78 Å². The van der Waals surface area contributed by atoms with Crippen LogP contribution >= 0.6 is 0 Å². The lowest BCUT2D eigenvalue weighted by molar-refractivity contribution is -0.141. The number of benzene rings is 5. The number of anilines is 1. The number of amides is 1. The van der Waals surface area contributed by atoms with Crippen molar-refractivity contribution in [3.8, 4) is 23.0 Å². The smallest absolute Gasteiger partial charge is 0.307 e. The zero-order valence-electron chi connectivity index (χ0n) is 28.6. The number of pyridine rings is 1. The van der Waals surface area contributed by atoms with Crippen molar-refractivity contribution in [3.05, 3.63) is 156 Å². The van der Waals surface area contributed by atoms with Gasteiger partial charge >= 0.3 is 5.97 Å². The highest BCUT2D eigenvalue weighted by Crippen LogP contribution is 2.35. The van der Waals surface area contributed by atoms with Crippen molar-refractivity contribution >= 4 is 28.3 Å². The van der Waals surface area contributed by atoms with Crippen molar-refractivity contribution in [2.45, 2.75) is 38.6 Å². The fourth-order valence-electron chi connectivity index (χ4n) is 5.62. The van der Waals surface area contributed by atoms with Gasteiger partial charge in [0, 0.05) is 17.3 Å². The van der Waals surface area contributed by atoms with E-state index < -0.39 is 23.7 Å². The van der Waals surface area contributed by atoms with Crippen molar-refractivity contribution in [1.29, 1.82) is 0 Å². The minimum absolute atomic E-state index is 0.0275. The van der Waals surface area contributed by atoms with Crippen molar-refractivity contribution in [1.82, 2.24) is 4.98 Å². The first-order valence-electron chi connectivity index (χ1n) is 16.3. The van der Waals surface area contributed by atoms with Crippen LogP contribution in [0.15, 0.2) is 128 Å². The minimum Gasteiger partial charge on any atom is -0.469 e. The number of carbonyl (C=O) groups is 2. The van der Waals surface area contributed by atoms with Crippen LogP contribution in [0.2, 0.25) is 0 Å². The van der Waals surface area contributed by atoms with Gasteiger partial charge in [0.05, 0.1) is 19.6 Å². The Hall–Kier alpha value is -6.09. The maximum atomic E-state index is 14.4. The predicted octanol–water partition coefficient (Wildman–Crippen LogP) is 10.3. The Morgan fingerprint density at radius 1 is 0.686 bits per heavy atom. The van der Waals surface area contributed by atoms with Gasteiger partial charge < -0.3 is 14.2 Å². The number of nitrogens with zero attached hydrogens (tertiary/aromatic N) is 2. The van der Waals surface area contributed by atoms with Crippen LogP contribution in [0.5, 0.6) is 23.0 Å². The molecule has 1 amide bonds. The summed E-state index contributed by atoms with van der Waals surface area (Å²) in [6, 6.07) is 32.2. The zero-order valence-corrected chi connectivity index (χ0v) is 28.6. The molecule has 9 heteroatoms. The van der Waals surface area contributed by atoms with Crippen molar-refractivity contribution in [3.63, 3.8) is 0 Å². The Morgan fingerprint density at radius 3 is 1.80 bits per heavy atom. The van der Waals surface area contributed by atoms with Crippen LogP contribution < -0.4 is 14.4 Å². The molecule has 0 radical (unpaired) electrons. The molecular weight excluding hydrogens is 650 g/mol. The molecule has 1 atom stereocenters. The molecule has 0 saturated carbocycles.